The molecule has 100 valence electrons. The highest BCUT2D eigenvalue weighted by Gasteiger charge is 2.14. The van der Waals surface area contributed by atoms with Gasteiger partial charge in [0, 0.05) is 21.2 Å². The number of hydrogen-bond donors (Lipinski definition) is 2. The maximum Gasteiger partial charge on any atom is 0.220 e. The Morgan fingerprint density at radius 1 is 1.50 bits per heavy atom. The Balaban J connectivity index is 1.62. The fourth-order valence-electron chi connectivity index (χ4n) is 2.23. The van der Waals surface area contributed by atoms with Crippen LogP contribution in [-0.2, 0) is 11.3 Å². The Bertz CT molecular complexity index is 388. The molecule has 1 aromatic heterocycles. The summed E-state index contributed by atoms with van der Waals surface area (Å²) in [5.74, 6) is 0.908. The largest absolute Gasteiger partial charge is 0.351 e. The predicted octanol–water partition coefficient (Wildman–Crippen LogP) is 2.91. The summed E-state index contributed by atoms with van der Waals surface area (Å²) >= 11 is 5.08. The van der Waals surface area contributed by atoms with Crippen molar-refractivity contribution in [2.75, 3.05) is 13.1 Å². The molecule has 0 saturated carbocycles. The van der Waals surface area contributed by atoms with Crippen molar-refractivity contribution >= 4 is 33.2 Å². The lowest BCUT2D eigenvalue weighted by atomic mass is 9.93. The first-order valence-corrected chi connectivity index (χ1v) is 8.11. The monoisotopic (exact) mass is 330 g/mol. The van der Waals surface area contributed by atoms with Crippen LogP contribution in [0.25, 0.3) is 0 Å². The number of halogens is 1. The van der Waals surface area contributed by atoms with Crippen LogP contribution in [0.3, 0.4) is 0 Å². The van der Waals surface area contributed by atoms with Gasteiger partial charge >= 0.3 is 0 Å². The molecule has 3 nitrogen and oxygen atoms in total. The number of nitrogens with one attached hydrogen (secondary N) is 2. The van der Waals surface area contributed by atoms with E-state index in [2.05, 4.69) is 32.6 Å². The van der Waals surface area contributed by atoms with Gasteiger partial charge in [0.25, 0.3) is 0 Å². The molecule has 0 aliphatic carbocycles. The molecule has 1 amide bonds. The molecule has 1 aromatic rings. The van der Waals surface area contributed by atoms with Gasteiger partial charge in [-0.25, -0.2) is 0 Å². The van der Waals surface area contributed by atoms with E-state index in [9.17, 15) is 4.79 Å². The van der Waals surface area contributed by atoms with E-state index in [0.717, 1.165) is 29.9 Å². The third-order valence-corrected chi connectivity index (χ3v) is 5.02. The average Bonchev–Trinajstić information content (AvgIpc) is 2.81. The SMILES string of the molecule is O=C(CCC1CCNCC1)NCc1cc(Br)cs1. The van der Waals surface area contributed by atoms with E-state index in [1.807, 2.05) is 5.38 Å². The number of hydrogen-bond acceptors (Lipinski definition) is 3. The average molecular weight is 331 g/mol. The highest BCUT2D eigenvalue weighted by molar-refractivity contribution is 9.10. The Morgan fingerprint density at radius 2 is 2.28 bits per heavy atom. The molecule has 2 N–H and O–H groups in total. The molecule has 0 spiro atoms. The fraction of sp³-hybridized carbons (Fsp3) is 0.615. The second-order valence-corrected chi connectivity index (χ2v) is 6.65. The number of carbonyl (C=O) groups is 1. The van der Waals surface area contributed by atoms with Gasteiger partial charge < -0.3 is 10.6 Å². The molecule has 2 rings (SSSR count). The molecule has 2 heterocycles. The van der Waals surface area contributed by atoms with Crippen molar-refractivity contribution in [3.05, 3.63) is 20.8 Å². The van der Waals surface area contributed by atoms with E-state index in [-0.39, 0.29) is 5.91 Å². The molecule has 0 unspecified atom stereocenters. The van der Waals surface area contributed by atoms with Gasteiger partial charge in [-0.1, -0.05) is 0 Å². The third-order valence-electron chi connectivity index (χ3n) is 3.32. The quantitative estimate of drug-likeness (QED) is 0.871. The minimum absolute atomic E-state index is 0.179. The Labute approximate surface area is 120 Å². The zero-order valence-electron chi connectivity index (χ0n) is 10.4. The Hall–Kier alpha value is -0.390. The van der Waals surface area contributed by atoms with Gasteiger partial charge in [0.1, 0.15) is 0 Å². The van der Waals surface area contributed by atoms with Gasteiger partial charge in [-0.15, -0.1) is 11.3 Å². The van der Waals surface area contributed by atoms with E-state index in [0.29, 0.717) is 13.0 Å². The maximum atomic E-state index is 11.7. The van der Waals surface area contributed by atoms with Gasteiger partial charge in [0.15, 0.2) is 0 Å². The number of carbonyl (C=O) groups excluding carboxylic acids is 1. The van der Waals surface area contributed by atoms with E-state index in [1.54, 1.807) is 11.3 Å². The number of thiophene rings is 1. The molecule has 1 aliphatic heterocycles. The first-order valence-electron chi connectivity index (χ1n) is 6.44. The van der Waals surface area contributed by atoms with Crippen molar-refractivity contribution in [2.24, 2.45) is 5.92 Å². The predicted molar refractivity (Wildman–Crippen MR) is 78.7 cm³/mol. The van der Waals surface area contributed by atoms with E-state index in [1.165, 1.54) is 17.7 Å². The summed E-state index contributed by atoms with van der Waals surface area (Å²) in [5, 5.41) is 8.37. The highest BCUT2D eigenvalue weighted by atomic mass is 79.9. The lowest BCUT2D eigenvalue weighted by Gasteiger charge is -2.22. The zero-order valence-corrected chi connectivity index (χ0v) is 12.8. The van der Waals surface area contributed by atoms with Crippen molar-refractivity contribution in [1.82, 2.24) is 10.6 Å². The van der Waals surface area contributed by atoms with Gasteiger partial charge in [-0.05, 0) is 60.3 Å². The smallest absolute Gasteiger partial charge is 0.220 e. The number of piperidine rings is 1. The van der Waals surface area contributed by atoms with Crippen LogP contribution in [0.15, 0.2) is 15.9 Å². The van der Waals surface area contributed by atoms with Crippen molar-refractivity contribution < 1.29 is 4.79 Å². The van der Waals surface area contributed by atoms with Gasteiger partial charge in [-0.2, -0.15) is 0 Å². The summed E-state index contributed by atoms with van der Waals surface area (Å²) < 4.78 is 1.09. The first kappa shape index (κ1) is 14.0. The van der Waals surface area contributed by atoms with Crippen LogP contribution in [0.4, 0.5) is 0 Å². The van der Waals surface area contributed by atoms with Crippen molar-refractivity contribution in [3.63, 3.8) is 0 Å². The summed E-state index contributed by atoms with van der Waals surface area (Å²) in [6.07, 6.45) is 4.12. The fourth-order valence-corrected chi connectivity index (χ4v) is 3.62. The minimum Gasteiger partial charge on any atom is -0.351 e. The number of amides is 1. The highest BCUT2D eigenvalue weighted by Crippen LogP contribution is 2.20. The van der Waals surface area contributed by atoms with Crippen LogP contribution in [0.5, 0.6) is 0 Å². The summed E-state index contributed by atoms with van der Waals surface area (Å²) in [4.78, 5) is 12.9. The van der Waals surface area contributed by atoms with E-state index in [4.69, 9.17) is 0 Å². The normalized spacial score (nSPS) is 16.7. The Kier molecular flexibility index (Phi) is 5.66. The lowest BCUT2D eigenvalue weighted by Crippen LogP contribution is -2.29. The van der Waals surface area contributed by atoms with Crippen LogP contribution in [0.1, 0.15) is 30.6 Å². The molecule has 0 atom stereocenters. The van der Waals surface area contributed by atoms with Gasteiger partial charge in [-0.3, -0.25) is 4.79 Å². The standard InChI is InChI=1S/C13H19BrN2OS/c14-11-7-12(18-9-11)8-16-13(17)2-1-10-3-5-15-6-4-10/h7,9-10,15H,1-6,8H2,(H,16,17). The van der Waals surface area contributed by atoms with E-state index >= 15 is 0 Å². The molecule has 0 radical (unpaired) electrons. The zero-order chi connectivity index (χ0) is 12.8. The molecular formula is C13H19BrN2OS. The van der Waals surface area contributed by atoms with Crippen LogP contribution >= 0.6 is 27.3 Å². The van der Waals surface area contributed by atoms with Gasteiger partial charge in [0.05, 0.1) is 6.54 Å². The molecule has 1 fully saturated rings. The summed E-state index contributed by atoms with van der Waals surface area (Å²) in [6.45, 7) is 2.87. The summed E-state index contributed by atoms with van der Waals surface area (Å²) in [6, 6.07) is 2.05. The Morgan fingerprint density at radius 3 is 2.94 bits per heavy atom. The summed E-state index contributed by atoms with van der Waals surface area (Å²) in [7, 11) is 0. The van der Waals surface area contributed by atoms with Crippen LogP contribution in [-0.4, -0.2) is 19.0 Å². The molecular weight excluding hydrogens is 312 g/mol. The molecule has 1 aliphatic rings. The molecule has 0 bridgehead atoms. The maximum absolute atomic E-state index is 11.7. The van der Waals surface area contributed by atoms with Crippen LogP contribution < -0.4 is 10.6 Å². The second-order valence-electron chi connectivity index (χ2n) is 4.74. The van der Waals surface area contributed by atoms with Gasteiger partial charge in [0.2, 0.25) is 5.91 Å². The van der Waals surface area contributed by atoms with Crippen molar-refractivity contribution in [3.8, 4) is 0 Å². The molecule has 0 aromatic carbocycles. The molecule has 18 heavy (non-hydrogen) atoms. The van der Waals surface area contributed by atoms with Crippen LogP contribution in [0.2, 0.25) is 0 Å². The minimum atomic E-state index is 0.179. The number of rotatable bonds is 5. The lowest BCUT2D eigenvalue weighted by molar-refractivity contribution is -0.121. The third kappa shape index (κ3) is 4.71. The van der Waals surface area contributed by atoms with Crippen LogP contribution in [0, 0.1) is 5.92 Å². The van der Waals surface area contributed by atoms with Crippen molar-refractivity contribution in [2.45, 2.75) is 32.2 Å². The second kappa shape index (κ2) is 7.26. The first-order chi connectivity index (χ1) is 8.74. The topological polar surface area (TPSA) is 41.1 Å². The molecule has 1 saturated heterocycles. The van der Waals surface area contributed by atoms with Crippen molar-refractivity contribution in [1.29, 1.82) is 0 Å². The summed E-state index contributed by atoms with van der Waals surface area (Å²) in [5.41, 5.74) is 0. The molecule has 5 heteroatoms. The van der Waals surface area contributed by atoms with E-state index < -0.39 is 0 Å².